The molecule has 8 aromatic heterocycles. The van der Waals surface area contributed by atoms with Gasteiger partial charge in [0, 0.05) is 59.6 Å². The molecule has 1 aliphatic rings. The molecule has 1 saturated carbocycles. The fourth-order valence-electron chi connectivity index (χ4n) is 7.40. The van der Waals surface area contributed by atoms with E-state index < -0.39 is 40.7 Å². The summed E-state index contributed by atoms with van der Waals surface area (Å²) in [5.74, 6) is -1.19. The van der Waals surface area contributed by atoms with Crippen LogP contribution in [0.25, 0.3) is 33.2 Å². The van der Waals surface area contributed by atoms with E-state index in [1.54, 1.807) is 76.6 Å². The monoisotopic (exact) mass is 1100 g/mol. The van der Waals surface area contributed by atoms with Gasteiger partial charge in [-0.3, -0.25) is 4.79 Å². The summed E-state index contributed by atoms with van der Waals surface area (Å²) in [5.41, 5.74) is 5.80. The first-order valence-electron chi connectivity index (χ1n) is 22.4. The summed E-state index contributed by atoms with van der Waals surface area (Å²) in [6.07, 6.45) is 13.4. The third-order valence-electron chi connectivity index (χ3n) is 12.1. The molecule has 9 aromatic rings. The van der Waals surface area contributed by atoms with Gasteiger partial charge >= 0.3 is 6.61 Å². The molecule has 72 heavy (non-hydrogen) atoms. The van der Waals surface area contributed by atoms with Gasteiger partial charge in [-0.25, -0.2) is 22.5 Å². The van der Waals surface area contributed by atoms with Gasteiger partial charge in [0.15, 0.2) is 5.78 Å². The number of carbonyl (C=O) groups excluding carboxylic acids is 1. The van der Waals surface area contributed by atoms with Gasteiger partial charge in [0.2, 0.25) is 0 Å². The number of nitrogens with zero attached hydrogens (tertiary/aromatic N) is 11. The van der Waals surface area contributed by atoms with E-state index in [0.29, 0.717) is 16.6 Å². The Labute approximate surface area is 430 Å². The molecule has 368 valence electrons. The van der Waals surface area contributed by atoms with Gasteiger partial charge in [0.1, 0.15) is 23.2 Å². The molecule has 0 spiro atoms. The van der Waals surface area contributed by atoms with Crippen molar-refractivity contribution < 1.29 is 27.4 Å². The summed E-state index contributed by atoms with van der Waals surface area (Å²) < 4.78 is 58.7. The van der Waals surface area contributed by atoms with Crippen molar-refractivity contribution in [3.8, 4) is 40.8 Å². The van der Waals surface area contributed by atoms with Crippen molar-refractivity contribution in [1.29, 1.82) is 15.8 Å². The Morgan fingerprint density at radius 1 is 0.694 bits per heavy atom. The van der Waals surface area contributed by atoms with Crippen molar-refractivity contribution in [3.63, 3.8) is 0 Å². The molecule has 8 heterocycles. The predicted molar refractivity (Wildman–Crippen MR) is 273 cm³/mol. The topological polar surface area (TPSA) is 176 Å². The number of rotatable bonds is 10. The van der Waals surface area contributed by atoms with Crippen LogP contribution in [0.2, 0.25) is 0 Å². The van der Waals surface area contributed by atoms with Crippen LogP contribution in [0.1, 0.15) is 81.4 Å². The number of hydrogen-bond donors (Lipinski definition) is 0. The number of benzene rings is 1. The average Bonchev–Trinajstić information content (AvgIpc) is 3.92. The zero-order valence-electron chi connectivity index (χ0n) is 40.2. The molecule has 1 aliphatic carbocycles. The standard InChI is InChI=1S/C24H22F3N3O3.C11H10BrN3.C11H11N3.C7H5BrN2/c1-24(2,12-28)15-4-5-18-16(10-29-30(18)11-15)13-8-20(32-3)22(21(9-13)33-23(26)27)19(31)7-14-6-17(14)25;1-11(2,7-13)8-3-4-10-9(12)5-14-15(10)6-8;1-11(2,8-12)9-3-4-10-5-6-13-14(10)7-9;8-6-1-2-7-3-4-9-10(7)5-6/h4-5,8-11,14,17,23H,6-7H2,1-3H3;3-6H,1-2H3;3-7H,1-2H3;1-5H/t14-,17-;;;/m0.../s1. The fourth-order valence-corrected chi connectivity index (χ4v) is 8.13. The number of halogens is 5. The molecule has 14 nitrogen and oxygen atoms in total. The lowest BCUT2D eigenvalue weighted by atomic mass is 9.87. The minimum atomic E-state index is -3.16. The number of hydrogen-bond acceptors (Lipinski definition) is 10. The first kappa shape index (κ1) is 52.3. The molecule has 0 aliphatic heterocycles. The number of alkyl halides is 3. The SMILES string of the molecule is Brc1ccc2ccnn2c1.CC(C)(C#N)c1ccc2c(Br)cnn2c1.CC(C)(C#N)c1ccc2ccnn2c1.COc1cc(-c2cnn3cc(C(C)(C)C#N)ccc23)cc(OC(F)F)c1C(=O)C[C@@H]1C[C@@H]1F. The van der Waals surface area contributed by atoms with Gasteiger partial charge in [-0.1, -0.05) is 18.2 Å². The number of carbonyl (C=O) groups is 1. The summed E-state index contributed by atoms with van der Waals surface area (Å²) in [4.78, 5) is 12.8. The highest BCUT2D eigenvalue weighted by Gasteiger charge is 2.40. The molecular weight excluding hydrogens is 1060 g/mol. The summed E-state index contributed by atoms with van der Waals surface area (Å²) in [5, 5.41) is 44.1. The van der Waals surface area contributed by atoms with Crippen molar-refractivity contribution in [2.24, 2.45) is 5.92 Å². The fraction of sp³-hybridized carbons (Fsp3) is 0.283. The largest absolute Gasteiger partial charge is 0.496 e. The normalized spacial score (nSPS) is 14.2. The van der Waals surface area contributed by atoms with Crippen LogP contribution in [0.5, 0.6) is 11.5 Å². The quantitative estimate of drug-likeness (QED) is 0.120. The third kappa shape index (κ3) is 11.8. The number of ether oxygens (including phenoxy) is 2. The van der Waals surface area contributed by atoms with Crippen LogP contribution in [-0.2, 0) is 16.2 Å². The van der Waals surface area contributed by atoms with E-state index in [-0.39, 0.29) is 29.9 Å². The molecule has 19 heteroatoms. The minimum Gasteiger partial charge on any atom is -0.496 e. The van der Waals surface area contributed by atoms with E-state index in [2.05, 4.69) is 75.2 Å². The lowest BCUT2D eigenvalue weighted by Crippen LogP contribution is -2.14. The maximum atomic E-state index is 13.3. The van der Waals surface area contributed by atoms with Crippen LogP contribution >= 0.6 is 31.9 Å². The lowest BCUT2D eigenvalue weighted by Gasteiger charge is -2.16. The second-order valence-electron chi connectivity index (χ2n) is 18.5. The molecule has 2 atom stereocenters. The number of Topliss-reactive ketones (excluding diaryl/α,β-unsaturated/α-hetero) is 1. The van der Waals surface area contributed by atoms with Crippen molar-refractivity contribution in [2.45, 2.75) is 83.4 Å². The third-order valence-corrected chi connectivity index (χ3v) is 13.2. The number of fused-ring (bicyclic) bond motifs is 4. The van der Waals surface area contributed by atoms with Crippen LogP contribution in [0.3, 0.4) is 0 Å². The minimum absolute atomic E-state index is 0.0609. The Hall–Kier alpha value is -7.53. The first-order valence-corrected chi connectivity index (χ1v) is 24.0. The molecule has 0 amide bonds. The van der Waals surface area contributed by atoms with Gasteiger partial charge in [-0.15, -0.1) is 0 Å². The lowest BCUT2D eigenvalue weighted by molar-refractivity contribution is -0.0502. The van der Waals surface area contributed by atoms with Gasteiger partial charge in [0.25, 0.3) is 0 Å². The number of nitriles is 3. The number of ketones is 1. The molecule has 0 bridgehead atoms. The van der Waals surface area contributed by atoms with Crippen molar-refractivity contribution in [3.05, 3.63) is 154 Å². The van der Waals surface area contributed by atoms with Crippen LogP contribution < -0.4 is 9.47 Å². The predicted octanol–water partition coefficient (Wildman–Crippen LogP) is 12.5. The number of aromatic nitrogens is 8. The van der Waals surface area contributed by atoms with E-state index in [1.165, 1.54) is 13.2 Å². The zero-order valence-corrected chi connectivity index (χ0v) is 43.4. The van der Waals surface area contributed by atoms with Crippen LogP contribution in [-0.4, -0.2) is 64.1 Å². The highest BCUT2D eigenvalue weighted by Crippen LogP contribution is 2.42. The van der Waals surface area contributed by atoms with Gasteiger partial charge in [0.05, 0.1) is 80.5 Å². The van der Waals surface area contributed by atoms with Crippen LogP contribution in [0, 0.1) is 39.9 Å². The maximum absolute atomic E-state index is 13.3. The van der Waals surface area contributed by atoms with Crippen molar-refractivity contribution in [2.75, 3.05) is 7.11 Å². The number of methoxy groups -OCH3 is 1. The van der Waals surface area contributed by atoms with Gasteiger partial charge in [-0.2, -0.15) is 45.0 Å². The summed E-state index contributed by atoms with van der Waals surface area (Å²) >= 11 is 6.77. The Morgan fingerprint density at radius 2 is 1.18 bits per heavy atom. The highest BCUT2D eigenvalue weighted by atomic mass is 79.9. The Balaban J connectivity index is 0.000000160. The first-order chi connectivity index (χ1) is 34.2. The van der Waals surface area contributed by atoms with Crippen molar-refractivity contribution in [1.82, 2.24) is 38.5 Å². The second-order valence-corrected chi connectivity index (χ2v) is 20.3. The average molecular weight is 1100 g/mol. The summed E-state index contributed by atoms with van der Waals surface area (Å²) in [6, 6.07) is 29.0. The maximum Gasteiger partial charge on any atom is 0.387 e. The second kappa shape index (κ2) is 21.4. The molecular formula is C53H48Br2F3N11O3. The van der Waals surface area contributed by atoms with Crippen molar-refractivity contribution >= 4 is 59.7 Å². The smallest absolute Gasteiger partial charge is 0.387 e. The van der Waals surface area contributed by atoms with E-state index in [4.69, 9.17) is 15.3 Å². The Kier molecular flexibility index (Phi) is 15.6. The van der Waals surface area contributed by atoms with Crippen LogP contribution in [0.15, 0.2) is 131 Å². The van der Waals surface area contributed by atoms with E-state index in [1.807, 2.05) is 99.3 Å². The van der Waals surface area contributed by atoms with E-state index in [9.17, 15) is 23.2 Å². The van der Waals surface area contributed by atoms with E-state index in [0.717, 1.165) is 42.2 Å². The zero-order chi connectivity index (χ0) is 52.1. The molecule has 0 N–H and O–H groups in total. The molecule has 0 radical (unpaired) electrons. The molecule has 1 aromatic carbocycles. The Bertz CT molecular complexity index is 3560. The number of pyridine rings is 4. The highest BCUT2D eigenvalue weighted by molar-refractivity contribution is 9.11. The molecule has 1 fully saturated rings. The van der Waals surface area contributed by atoms with E-state index >= 15 is 0 Å². The van der Waals surface area contributed by atoms with Gasteiger partial charge < -0.3 is 9.47 Å². The molecule has 0 saturated heterocycles. The summed E-state index contributed by atoms with van der Waals surface area (Å²) in [7, 11) is 1.32. The van der Waals surface area contributed by atoms with Crippen LogP contribution in [0.4, 0.5) is 13.2 Å². The summed E-state index contributed by atoms with van der Waals surface area (Å²) in [6.45, 7) is 8.01. The molecule has 0 unspecified atom stereocenters. The Morgan fingerprint density at radius 3 is 1.72 bits per heavy atom. The molecule has 10 rings (SSSR count). The van der Waals surface area contributed by atoms with Gasteiger partial charge in [-0.05, 0) is 157 Å².